The molecule has 236 valence electrons. The summed E-state index contributed by atoms with van der Waals surface area (Å²) in [5.41, 5.74) is -9.55. The summed E-state index contributed by atoms with van der Waals surface area (Å²) in [5, 5.41) is 83.1. The Bertz CT molecular complexity index is 1050. The number of carbonyl (C=O) groups excluding carboxylic acids is 3. The molecule has 0 saturated heterocycles. The third-order valence-electron chi connectivity index (χ3n) is 4.99. The van der Waals surface area contributed by atoms with Gasteiger partial charge in [0.1, 0.15) is 13.2 Å². The first-order valence-electron chi connectivity index (χ1n) is 11.1. The zero-order valence-electron chi connectivity index (χ0n) is 21.2. The molecule has 3 unspecified atom stereocenters. The van der Waals surface area contributed by atoms with Crippen molar-refractivity contribution in [2.75, 3.05) is 13.2 Å². The van der Waals surface area contributed by atoms with Gasteiger partial charge in [-0.1, -0.05) is 0 Å². The van der Waals surface area contributed by atoms with Crippen molar-refractivity contribution in [3.63, 3.8) is 0 Å². The van der Waals surface area contributed by atoms with E-state index >= 15 is 0 Å². The maximum Gasteiger partial charge on any atom is 0.336 e. The number of hydrogen-bond acceptors (Lipinski definition) is 15. The minimum absolute atomic E-state index is 1.20. The van der Waals surface area contributed by atoms with Gasteiger partial charge in [-0.05, 0) is 0 Å². The number of hydrogen-bond donors (Lipinski definition) is 9. The van der Waals surface area contributed by atoms with E-state index in [1.54, 1.807) is 0 Å². The number of carboxylic acids is 6. The van der Waals surface area contributed by atoms with Crippen LogP contribution < -0.4 is 0 Å². The molecule has 0 aliphatic carbocycles. The number of aliphatic hydroxyl groups is 3. The van der Waals surface area contributed by atoms with Crippen LogP contribution in [0.4, 0.5) is 0 Å². The highest BCUT2D eigenvalue weighted by Gasteiger charge is 2.44. The SMILES string of the molecule is O=C(O)CC(O)(CC(=O)OCC(COC(=O)CC(O)(CC(=O)O)C(=O)O)OC(=O)CC(O)(CC(=O)O)C(=O)O)C(=O)O. The van der Waals surface area contributed by atoms with E-state index in [-0.39, 0.29) is 0 Å². The lowest BCUT2D eigenvalue weighted by Crippen LogP contribution is -2.45. The zero-order chi connectivity index (χ0) is 33.1. The van der Waals surface area contributed by atoms with Crippen molar-refractivity contribution in [3.05, 3.63) is 0 Å². The van der Waals surface area contributed by atoms with E-state index in [0.29, 0.717) is 0 Å². The lowest BCUT2D eigenvalue weighted by Gasteiger charge is -2.24. The van der Waals surface area contributed by atoms with Crippen LogP contribution in [0.5, 0.6) is 0 Å². The predicted molar refractivity (Wildman–Crippen MR) is 120 cm³/mol. The van der Waals surface area contributed by atoms with Gasteiger partial charge in [0.15, 0.2) is 22.9 Å². The summed E-state index contributed by atoms with van der Waals surface area (Å²) in [6, 6.07) is 0. The molecule has 0 aliphatic rings. The van der Waals surface area contributed by atoms with Crippen molar-refractivity contribution in [2.24, 2.45) is 0 Å². The Labute approximate surface area is 232 Å². The van der Waals surface area contributed by atoms with Gasteiger partial charge in [-0.2, -0.15) is 0 Å². The topological polar surface area (TPSA) is 363 Å². The Kier molecular flexibility index (Phi) is 13.4. The van der Waals surface area contributed by atoms with Crippen LogP contribution in [-0.2, 0) is 57.4 Å². The molecule has 0 amide bonds. The molecule has 0 bridgehead atoms. The molecule has 21 heteroatoms. The van der Waals surface area contributed by atoms with Crippen LogP contribution in [0.15, 0.2) is 0 Å². The van der Waals surface area contributed by atoms with Crippen LogP contribution in [0.1, 0.15) is 38.5 Å². The molecular formula is C21H26O21. The van der Waals surface area contributed by atoms with Gasteiger partial charge in [-0.3, -0.25) is 28.8 Å². The summed E-state index contributed by atoms with van der Waals surface area (Å²) in [5.74, 6) is -16.9. The van der Waals surface area contributed by atoms with E-state index in [1.807, 2.05) is 0 Å². The van der Waals surface area contributed by atoms with Crippen molar-refractivity contribution < 1.29 is 103 Å². The van der Waals surface area contributed by atoms with Gasteiger partial charge in [-0.25, -0.2) is 14.4 Å². The first-order chi connectivity index (χ1) is 19.0. The largest absolute Gasteiger partial charge is 0.481 e. The maximum absolute atomic E-state index is 12.2. The summed E-state index contributed by atoms with van der Waals surface area (Å²) in [4.78, 5) is 102. The molecule has 0 spiro atoms. The number of carbonyl (C=O) groups is 9. The van der Waals surface area contributed by atoms with Crippen molar-refractivity contribution in [1.82, 2.24) is 0 Å². The minimum Gasteiger partial charge on any atom is -0.481 e. The average molecular weight is 614 g/mol. The molecule has 0 aliphatic heterocycles. The normalized spacial score (nSPS) is 15.8. The molecule has 0 radical (unpaired) electrons. The molecule has 0 rings (SSSR count). The molecule has 0 saturated carbocycles. The molecular weight excluding hydrogens is 588 g/mol. The minimum atomic E-state index is -3.22. The first kappa shape index (κ1) is 37.1. The van der Waals surface area contributed by atoms with E-state index in [0.717, 1.165) is 0 Å². The second-order valence-corrected chi connectivity index (χ2v) is 8.73. The lowest BCUT2D eigenvalue weighted by molar-refractivity contribution is -0.181. The van der Waals surface area contributed by atoms with E-state index in [1.165, 1.54) is 0 Å². The highest BCUT2D eigenvalue weighted by Crippen LogP contribution is 2.20. The molecule has 21 nitrogen and oxygen atoms in total. The summed E-state index contributed by atoms with van der Waals surface area (Å²) < 4.78 is 13.9. The predicted octanol–water partition coefficient (Wildman–Crippen LogP) is -3.97. The fourth-order valence-corrected chi connectivity index (χ4v) is 2.93. The van der Waals surface area contributed by atoms with Crippen LogP contribution in [0.25, 0.3) is 0 Å². The van der Waals surface area contributed by atoms with Gasteiger partial charge in [0.25, 0.3) is 0 Å². The van der Waals surface area contributed by atoms with Gasteiger partial charge in [0, 0.05) is 0 Å². The average Bonchev–Trinajstić information content (AvgIpc) is 2.78. The summed E-state index contributed by atoms with van der Waals surface area (Å²) in [7, 11) is 0. The van der Waals surface area contributed by atoms with Crippen LogP contribution in [-0.4, -0.2) is 136 Å². The fraction of sp³-hybridized carbons (Fsp3) is 0.571. The lowest BCUT2D eigenvalue weighted by atomic mass is 9.96. The van der Waals surface area contributed by atoms with Crippen molar-refractivity contribution in [1.29, 1.82) is 0 Å². The molecule has 0 fully saturated rings. The quantitative estimate of drug-likeness (QED) is 0.0466. The molecule has 0 aromatic carbocycles. The number of rotatable bonds is 20. The molecule has 0 aromatic rings. The van der Waals surface area contributed by atoms with Crippen molar-refractivity contribution in [3.8, 4) is 0 Å². The van der Waals surface area contributed by atoms with Crippen molar-refractivity contribution in [2.45, 2.75) is 61.4 Å². The van der Waals surface area contributed by atoms with Crippen LogP contribution >= 0.6 is 0 Å². The Balaban J connectivity index is 5.78. The molecule has 9 N–H and O–H groups in total. The first-order valence-corrected chi connectivity index (χ1v) is 11.1. The van der Waals surface area contributed by atoms with Crippen LogP contribution in [0.2, 0.25) is 0 Å². The number of aliphatic carboxylic acids is 6. The van der Waals surface area contributed by atoms with Gasteiger partial charge < -0.3 is 60.2 Å². The smallest absolute Gasteiger partial charge is 0.336 e. The van der Waals surface area contributed by atoms with Gasteiger partial charge in [-0.15, -0.1) is 0 Å². The standard InChI is InChI=1S/C21H26O21/c22-10(23)1-19(37,16(31)32)4-13(28)40-7-9(42-15(30)6-21(39,18(35)36)3-12(26)27)8-41-14(29)5-20(38,17(33)34)2-11(24)25/h9,37-39H,1-8H2,(H,22,23)(H,24,25)(H,26,27)(H,31,32)(H,33,34)(H,35,36). The number of carboxylic acid groups (broad SMARTS) is 6. The van der Waals surface area contributed by atoms with E-state index in [4.69, 9.17) is 35.4 Å². The second-order valence-electron chi connectivity index (χ2n) is 8.73. The van der Waals surface area contributed by atoms with Crippen molar-refractivity contribution >= 4 is 53.7 Å². The monoisotopic (exact) mass is 614 g/mol. The Morgan fingerprint density at radius 2 is 0.714 bits per heavy atom. The number of esters is 3. The highest BCUT2D eigenvalue weighted by molar-refractivity contribution is 5.90. The highest BCUT2D eigenvalue weighted by atomic mass is 16.6. The van der Waals surface area contributed by atoms with E-state index < -0.39 is 128 Å². The fourth-order valence-electron chi connectivity index (χ4n) is 2.93. The van der Waals surface area contributed by atoms with Crippen LogP contribution in [0, 0.1) is 0 Å². The van der Waals surface area contributed by atoms with E-state index in [9.17, 15) is 58.5 Å². The third kappa shape index (κ3) is 12.5. The molecule has 42 heavy (non-hydrogen) atoms. The Morgan fingerprint density at radius 1 is 0.452 bits per heavy atom. The molecule has 0 heterocycles. The molecule has 3 atom stereocenters. The Hall–Kier alpha value is -4.89. The zero-order valence-corrected chi connectivity index (χ0v) is 21.2. The van der Waals surface area contributed by atoms with Crippen LogP contribution in [0.3, 0.4) is 0 Å². The Morgan fingerprint density at radius 3 is 0.952 bits per heavy atom. The van der Waals surface area contributed by atoms with Gasteiger partial charge in [0.05, 0.1) is 38.5 Å². The maximum atomic E-state index is 12.2. The summed E-state index contributed by atoms with van der Waals surface area (Å²) in [6.07, 6.45) is -10.9. The number of ether oxygens (including phenoxy) is 3. The summed E-state index contributed by atoms with van der Waals surface area (Å²) in [6.45, 7) is -2.41. The summed E-state index contributed by atoms with van der Waals surface area (Å²) >= 11 is 0. The molecule has 0 aromatic heterocycles. The van der Waals surface area contributed by atoms with Gasteiger partial charge >= 0.3 is 53.7 Å². The van der Waals surface area contributed by atoms with E-state index in [2.05, 4.69) is 9.47 Å². The van der Waals surface area contributed by atoms with Gasteiger partial charge in [0.2, 0.25) is 0 Å². The second kappa shape index (κ2) is 15.2. The third-order valence-corrected chi connectivity index (χ3v) is 4.99.